The van der Waals surface area contributed by atoms with Gasteiger partial charge in [0, 0.05) is 0 Å². The standard InChI is InChI=1S/C19H36.C8H16/c1-4-6-8-10-12-14-16-18-19(3)17-15-13-11-9-7-5-2;1-3-5-7-8-6-4-2/h13,15,18H,4-12,14,16-17H2,1-3H3;3,5H,4,6-8H2,1-2H3/b15-13-,19-18-;5-3-. The van der Waals surface area contributed by atoms with Crippen molar-refractivity contribution in [3.05, 3.63) is 36.0 Å². The summed E-state index contributed by atoms with van der Waals surface area (Å²) in [5, 5.41) is 0. The molecule has 27 heavy (non-hydrogen) atoms. The minimum atomic E-state index is 1.15. The first-order valence-electron chi connectivity index (χ1n) is 12.1. The van der Waals surface area contributed by atoms with E-state index in [1.54, 1.807) is 5.57 Å². The predicted molar refractivity (Wildman–Crippen MR) is 129 cm³/mol. The van der Waals surface area contributed by atoms with Crippen molar-refractivity contribution in [3.63, 3.8) is 0 Å². The van der Waals surface area contributed by atoms with E-state index in [4.69, 9.17) is 0 Å². The van der Waals surface area contributed by atoms with Crippen LogP contribution in [0.1, 0.15) is 137 Å². The third-order valence-electron chi connectivity index (χ3n) is 4.84. The van der Waals surface area contributed by atoms with Gasteiger partial charge in [-0.25, -0.2) is 0 Å². The van der Waals surface area contributed by atoms with Gasteiger partial charge in [-0.1, -0.05) is 115 Å². The second-order valence-electron chi connectivity index (χ2n) is 7.84. The maximum absolute atomic E-state index is 2.44. The van der Waals surface area contributed by atoms with Crippen molar-refractivity contribution >= 4 is 0 Å². The molecule has 0 unspecified atom stereocenters. The first kappa shape index (κ1) is 28.4. The Bertz CT molecular complexity index is 332. The second kappa shape index (κ2) is 27.4. The zero-order valence-electron chi connectivity index (χ0n) is 19.7. The monoisotopic (exact) mass is 376 g/mol. The van der Waals surface area contributed by atoms with E-state index in [0.29, 0.717) is 0 Å². The molecule has 0 aromatic rings. The normalized spacial score (nSPS) is 12.0. The average Bonchev–Trinajstić information content (AvgIpc) is 2.68. The van der Waals surface area contributed by atoms with Crippen LogP contribution in [0.5, 0.6) is 0 Å². The molecule has 0 saturated heterocycles. The lowest BCUT2D eigenvalue weighted by molar-refractivity contribution is 0.610. The third kappa shape index (κ3) is 30.2. The van der Waals surface area contributed by atoms with Gasteiger partial charge in [-0.3, -0.25) is 0 Å². The van der Waals surface area contributed by atoms with Gasteiger partial charge in [-0.05, 0) is 58.8 Å². The van der Waals surface area contributed by atoms with E-state index >= 15 is 0 Å². The van der Waals surface area contributed by atoms with Crippen molar-refractivity contribution in [2.75, 3.05) is 0 Å². The number of allylic oxidation sites excluding steroid dienone is 6. The Morgan fingerprint density at radius 1 is 0.556 bits per heavy atom. The summed E-state index contributed by atoms with van der Waals surface area (Å²) in [6.45, 7) is 11.1. The first-order chi connectivity index (χ1) is 13.2. The lowest BCUT2D eigenvalue weighted by Gasteiger charge is -1.99. The summed E-state index contributed by atoms with van der Waals surface area (Å²) < 4.78 is 0. The van der Waals surface area contributed by atoms with Crippen LogP contribution in [0.25, 0.3) is 0 Å². The third-order valence-corrected chi connectivity index (χ3v) is 4.84. The maximum atomic E-state index is 2.44. The predicted octanol–water partition coefficient (Wildman–Crippen LogP) is 10.4. The zero-order valence-corrected chi connectivity index (χ0v) is 19.7. The van der Waals surface area contributed by atoms with Crippen LogP contribution in [0.3, 0.4) is 0 Å². The van der Waals surface area contributed by atoms with E-state index in [1.807, 2.05) is 0 Å². The van der Waals surface area contributed by atoms with Crippen LogP contribution in [0.4, 0.5) is 0 Å². The summed E-state index contributed by atoms with van der Waals surface area (Å²) in [5.41, 5.74) is 1.54. The van der Waals surface area contributed by atoms with Gasteiger partial charge in [0.1, 0.15) is 0 Å². The molecular formula is C27H52. The molecule has 0 spiro atoms. The number of unbranched alkanes of at least 4 members (excludes halogenated alkanes) is 12. The molecule has 0 atom stereocenters. The van der Waals surface area contributed by atoms with Gasteiger partial charge in [0.05, 0.1) is 0 Å². The van der Waals surface area contributed by atoms with Crippen LogP contribution in [0.15, 0.2) is 36.0 Å². The molecule has 0 fully saturated rings. The van der Waals surface area contributed by atoms with Crippen molar-refractivity contribution in [3.8, 4) is 0 Å². The summed E-state index contributed by atoms with van der Waals surface area (Å²) >= 11 is 0. The quantitative estimate of drug-likeness (QED) is 0.175. The molecule has 0 aliphatic heterocycles. The molecule has 0 rings (SSSR count). The molecular weight excluding hydrogens is 324 g/mol. The molecule has 0 heterocycles. The Labute approximate surface area is 173 Å². The Morgan fingerprint density at radius 3 is 1.63 bits per heavy atom. The smallest absolute Gasteiger partial charge is 0.0142 e. The lowest BCUT2D eigenvalue weighted by Crippen LogP contribution is -1.79. The van der Waals surface area contributed by atoms with Crippen LogP contribution in [-0.4, -0.2) is 0 Å². The molecule has 0 aromatic heterocycles. The van der Waals surface area contributed by atoms with Crippen LogP contribution >= 0.6 is 0 Å². The minimum Gasteiger partial charge on any atom is -0.0917 e. The molecule has 0 nitrogen and oxygen atoms in total. The fourth-order valence-corrected chi connectivity index (χ4v) is 2.93. The van der Waals surface area contributed by atoms with E-state index in [9.17, 15) is 0 Å². The van der Waals surface area contributed by atoms with Crippen molar-refractivity contribution in [2.24, 2.45) is 0 Å². The van der Waals surface area contributed by atoms with Crippen LogP contribution < -0.4 is 0 Å². The van der Waals surface area contributed by atoms with Crippen LogP contribution in [0, 0.1) is 0 Å². The summed E-state index contributed by atoms with van der Waals surface area (Å²) in [4.78, 5) is 0. The highest BCUT2D eigenvalue weighted by atomic mass is 14.0. The van der Waals surface area contributed by atoms with Gasteiger partial charge in [0.25, 0.3) is 0 Å². The SMILES string of the molecule is C/C=C\CCCCC.CCCCC/C=C\C/C(C)=C\CCCCCCCC. The highest BCUT2D eigenvalue weighted by Gasteiger charge is 1.90. The van der Waals surface area contributed by atoms with Gasteiger partial charge >= 0.3 is 0 Å². The topological polar surface area (TPSA) is 0 Å². The highest BCUT2D eigenvalue weighted by molar-refractivity contribution is 5.04. The largest absolute Gasteiger partial charge is 0.0917 e. The van der Waals surface area contributed by atoms with Crippen molar-refractivity contribution < 1.29 is 0 Å². The summed E-state index contributed by atoms with van der Waals surface area (Å²) in [5.74, 6) is 0. The molecule has 0 aliphatic carbocycles. The molecule has 0 heteroatoms. The van der Waals surface area contributed by atoms with Gasteiger partial charge in [0.2, 0.25) is 0 Å². The summed E-state index contributed by atoms with van der Waals surface area (Å²) in [7, 11) is 0. The molecule has 0 aliphatic rings. The number of rotatable bonds is 17. The van der Waals surface area contributed by atoms with Crippen molar-refractivity contribution in [1.29, 1.82) is 0 Å². The van der Waals surface area contributed by atoms with Gasteiger partial charge in [-0.2, -0.15) is 0 Å². The zero-order chi connectivity index (χ0) is 20.4. The highest BCUT2D eigenvalue weighted by Crippen LogP contribution is 2.10. The van der Waals surface area contributed by atoms with E-state index in [2.05, 4.69) is 65.0 Å². The molecule has 0 amide bonds. The fourth-order valence-electron chi connectivity index (χ4n) is 2.93. The van der Waals surface area contributed by atoms with E-state index in [0.717, 1.165) is 6.42 Å². The Hall–Kier alpha value is -0.780. The summed E-state index contributed by atoms with van der Waals surface area (Å²) in [6, 6.07) is 0. The van der Waals surface area contributed by atoms with E-state index < -0.39 is 0 Å². The first-order valence-corrected chi connectivity index (χ1v) is 12.1. The fraction of sp³-hybridized carbons (Fsp3) is 0.778. The lowest BCUT2D eigenvalue weighted by atomic mass is 10.1. The minimum absolute atomic E-state index is 1.15. The molecule has 160 valence electrons. The Balaban J connectivity index is 0. The molecule has 0 N–H and O–H groups in total. The molecule has 0 saturated carbocycles. The van der Waals surface area contributed by atoms with E-state index in [1.165, 1.54) is 96.3 Å². The number of hydrogen-bond donors (Lipinski definition) is 0. The number of hydrogen-bond acceptors (Lipinski definition) is 0. The van der Waals surface area contributed by atoms with E-state index in [-0.39, 0.29) is 0 Å². The molecule has 0 radical (unpaired) electrons. The second-order valence-corrected chi connectivity index (χ2v) is 7.84. The van der Waals surface area contributed by atoms with Crippen molar-refractivity contribution in [2.45, 2.75) is 137 Å². The maximum Gasteiger partial charge on any atom is -0.0142 e. The molecule has 0 bridgehead atoms. The Kier molecular flexibility index (Phi) is 28.9. The summed E-state index contributed by atoms with van der Waals surface area (Å²) in [6.07, 6.45) is 33.0. The Morgan fingerprint density at radius 2 is 1.04 bits per heavy atom. The average molecular weight is 377 g/mol. The van der Waals surface area contributed by atoms with Gasteiger partial charge < -0.3 is 0 Å². The van der Waals surface area contributed by atoms with Gasteiger partial charge in [0.15, 0.2) is 0 Å². The molecule has 0 aromatic carbocycles. The van der Waals surface area contributed by atoms with Crippen molar-refractivity contribution in [1.82, 2.24) is 0 Å². The van der Waals surface area contributed by atoms with Crippen LogP contribution in [0.2, 0.25) is 0 Å². The van der Waals surface area contributed by atoms with Crippen LogP contribution in [-0.2, 0) is 0 Å². The van der Waals surface area contributed by atoms with Gasteiger partial charge in [-0.15, -0.1) is 0 Å².